The first-order chi connectivity index (χ1) is 9.38. The third-order valence-electron chi connectivity index (χ3n) is 2.48. The Morgan fingerprint density at radius 3 is 2.30 bits per heavy atom. The summed E-state index contributed by atoms with van der Waals surface area (Å²) in [6.45, 7) is 0. The van der Waals surface area contributed by atoms with Crippen LogP contribution in [0.5, 0.6) is 0 Å². The fourth-order valence-electron chi connectivity index (χ4n) is 1.56. The molecule has 2 aromatic carbocycles. The first-order valence-corrected chi connectivity index (χ1v) is 5.77. The summed E-state index contributed by atoms with van der Waals surface area (Å²) < 4.78 is 39.6. The van der Waals surface area contributed by atoms with Gasteiger partial charge in [-0.15, -0.1) is 0 Å². The highest BCUT2D eigenvalue weighted by Gasteiger charge is 2.17. The molecular weight excluding hydrogens is 293 g/mol. The molecule has 0 unspecified atom stereocenters. The Kier molecular flexibility index (Phi) is 3.85. The maximum atomic E-state index is 13.4. The maximum absolute atomic E-state index is 13.4. The molecule has 2 rings (SSSR count). The van der Waals surface area contributed by atoms with Crippen LogP contribution in [0.1, 0.15) is 10.4 Å². The lowest BCUT2D eigenvalue weighted by Gasteiger charge is -2.09. The van der Waals surface area contributed by atoms with Crippen LogP contribution >= 0.6 is 11.6 Å². The lowest BCUT2D eigenvalue weighted by molar-refractivity contribution is 0.102. The molecule has 0 radical (unpaired) electrons. The molecule has 0 bridgehead atoms. The van der Waals surface area contributed by atoms with E-state index in [9.17, 15) is 18.0 Å². The van der Waals surface area contributed by atoms with E-state index in [1.54, 1.807) is 0 Å². The average Bonchev–Trinajstić information content (AvgIpc) is 2.36. The molecule has 0 heterocycles. The lowest BCUT2D eigenvalue weighted by Crippen LogP contribution is -2.15. The number of rotatable bonds is 2. The summed E-state index contributed by atoms with van der Waals surface area (Å²) in [7, 11) is 0. The number of nitrogen functional groups attached to an aromatic ring is 1. The summed E-state index contributed by atoms with van der Waals surface area (Å²) in [6, 6.07) is 5.03. The van der Waals surface area contributed by atoms with Crippen LogP contribution in [0.2, 0.25) is 5.02 Å². The van der Waals surface area contributed by atoms with Crippen molar-refractivity contribution in [1.29, 1.82) is 0 Å². The molecule has 0 fully saturated rings. The van der Waals surface area contributed by atoms with Crippen molar-refractivity contribution in [1.82, 2.24) is 0 Å². The minimum Gasteiger partial charge on any atom is -0.399 e. The van der Waals surface area contributed by atoms with E-state index in [0.29, 0.717) is 12.1 Å². The Morgan fingerprint density at radius 2 is 1.70 bits per heavy atom. The quantitative estimate of drug-likeness (QED) is 0.833. The summed E-state index contributed by atoms with van der Waals surface area (Å²) in [6.07, 6.45) is 0. The highest BCUT2D eigenvalue weighted by atomic mass is 35.5. The van der Waals surface area contributed by atoms with E-state index < -0.39 is 29.0 Å². The molecule has 0 aliphatic heterocycles. The zero-order valence-corrected chi connectivity index (χ0v) is 10.6. The van der Waals surface area contributed by atoms with Gasteiger partial charge in [-0.05, 0) is 18.2 Å². The van der Waals surface area contributed by atoms with Crippen molar-refractivity contribution in [2.75, 3.05) is 11.1 Å². The first-order valence-electron chi connectivity index (χ1n) is 5.39. The van der Waals surface area contributed by atoms with Crippen LogP contribution in [-0.2, 0) is 0 Å². The lowest BCUT2D eigenvalue weighted by atomic mass is 10.1. The predicted molar refractivity (Wildman–Crippen MR) is 70.1 cm³/mol. The molecule has 0 aromatic heterocycles. The van der Waals surface area contributed by atoms with Gasteiger partial charge < -0.3 is 11.1 Å². The van der Waals surface area contributed by atoms with Gasteiger partial charge >= 0.3 is 0 Å². The van der Waals surface area contributed by atoms with Gasteiger partial charge in [-0.2, -0.15) is 0 Å². The molecule has 0 saturated carbocycles. The molecule has 0 aliphatic carbocycles. The molecule has 3 N–H and O–H groups in total. The fraction of sp³-hybridized carbons (Fsp3) is 0. The zero-order valence-electron chi connectivity index (χ0n) is 9.88. The Morgan fingerprint density at radius 1 is 1.10 bits per heavy atom. The molecular formula is C13H8ClF3N2O. The second-order valence-corrected chi connectivity index (χ2v) is 4.35. The second-order valence-electron chi connectivity index (χ2n) is 3.94. The van der Waals surface area contributed by atoms with Crippen LogP contribution in [0.3, 0.4) is 0 Å². The molecule has 2 aromatic rings. The van der Waals surface area contributed by atoms with E-state index in [4.69, 9.17) is 17.3 Å². The number of hydrogen-bond donors (Lipinski definition) is 2. The Labute approximate surface area is 117 Å². The number of carbonyl (C=O) groups excluding carboxylic acids is 1. The van der Waals surface area contributed by atoms with Gasteiger partial charge in [0.05, 0.1) is 10.6 Å². The number of halogens is 4. The summed E-state index contributed by atoms with van der Waals surface area (Å²) >= 11 is 5.80. The van der Waals surface area contributed by atoms with Crippen LogP contribution in [0.15, 0.2) is 30.3 Å². The van der Waals surface area contributed by atoms with E-state index in [-0.39, 0.29) is 16.3 Å². The van der Waals surface area contributed by atoms with Crippen LogP contribution in [0.25, 0.3) is 0 Å². The summed E-state index contributed by atoms with van der Waals surface area (Å²) in [4.78, 5) is 11.9. The smallest absolute Gasteiger partial charge is 0.257 e. The Bertz CT molecular complexity index is 668. The zero-order chi connectivity index (χ0) is 14.9. The number of carbonyl (C=O) groups is 1. The molecule has 3 nitrogen and oxygen atoms in total. The molecule has 0 spiro atoms. The van der Waals surface area contributed by atoms with E-state index >= 15 is 0 Å². The Balaban J connectivity index is 2.35. The minimum absolute atomic E-state index is 0.0465. The standard InChI is InChI=1S/C13H8ClF3N2O/c14-9-2-1-7(18)5-8(9)13(20)19-12-10(16)3-6(15)4-11(12)17/h1-5H,18H2,(H,19,20). The summed E-state index contributed by atoms with van der Waals surface area (Å²) in [5, 5.41) is 2.06. The number of nitrogens with one attached hydrogen (secondary N) is 1. The van der Waals surface area contributed by atoms with Crippen LogP contribution in [0, 0.1) is 17.5 Å². The number of benzene rings is 2. The molecule has 104 valence electrons. The van der Waals surface area contributed by atoms with Gasteiger partial charge in [-0.25, -0.2) is 13.2 Å². The third kappa shape index (κ3) is 2.85. The van der Waals surface area contributed by atoms with Gasteiger partial charge in [-0.1, -0.05) is 11.6 Å². The molecule has 0 aliphatic rings. The van der Waals surface area contributed by atoms with Gasteiger partial charge in [0.15, 0.2) is 11.6 Å². The van der Waals surface area contributed by atoms with Crippen LogP contribution < -0.4 is 11.1 Å². The topological polar surface area (TPSA) is 55.1 Å². The number of amides is 1. The Hall–Kier alpha value is -2.21. The molecule has 7 heteroatoms. The van der Waals surface area contributed by atoms with E-state index in [2.05, 4.69) is 0 Å². The van der Waals surface area contributed by atoms with Crippen molar-refractivity contribution < 1.29 is 18.0 Å². The van der Waals surface area contributed by atoms with Crippen molar-refractivity contribution in [3.05, 3.63) is 58.4 Å². The number of hydrogen-bond acceptors (Lipinski definition) is 2. The van der Waals surface area contributed by atoms with Crippen molar-refractivity contribution >= 4 is 28.9 Å². The maximum Gasteiger partial charge on any atom is 0.257 e. The second kappa shape index (κ2) is 5.42. The molecule has 0 atom stereocenters. The van der Waals surface area contributed by atoms with Crippen LogP contribution in [-0.4, -0.2) is 5.91 Å². The van der Waals surface area contributed by atoms with Gasteiger partial charge in [-0.3, -0.25) is 4.79 Å². The number of nitrogens with two attached hydrogens (primary N) is 1. The SMILES string of the molecule is Nc1ccc(Cl)c(C(=O)Nc2c(F)cc(F)cc2F)c1. The predicted octanol–water partition coefficient (Wildman–Crippen LogP) is 3.59. The largest absolute Gasteiger partial charge is 0.399 e. The van der Waals surface area contributed by atoms with Gasteiger partial charge in [0.1, 0.15) is 11.5 Å². The van der Waals surface area contributed by atoms with E-state index in [1.165, 1.54) is 18.2 Å². The van der Waals surface area contributed by atoms with Crippen molar-refractivity contribution in [3.63, 3.8) is 0 Å². The normalized spacial score (nSPS) is 10.4. The van der Waals surface area contributed by atoms with Crippen molar-refractivity contribution in [2.45, 2.75) is 0 Å². The van der Waals surface area contributed by atoms with Gasteiger partial charge in [0.2, 0.25) is 0 Å². The van der Waals surface area contributed by atoms with Gasteiger partial charge in [0, 0.05) is 17.8 Å². The van der Waals surface area contributed by atoms with Crippen molar-refractivity contribution in [3.8, 4) is 0 Å². The minimum atomic E-state index is -1.23. The molecule has 1 amide bonds. The average molecular weight is 301 g/mol. The summed E-state index contributed by atoms with van der Waals surface area (Å²) in [5.74, 6) is -4.39. The monoisotopic (exact) mass is 300 g/mol. The van der Waals surface area contributed by atoms with E-state index in [0.717, 1.165) is 0 Å². The molecule has 20 heavy (non-hydrogen) atoms. The third-order valence-corrected chi connectivity index (χ3v) is 2.81. The highest BCUT2D eigenvalue weighted by molar-refractivity contribution is 6.34. The van der Waals surface area contributed by atoms with E-state index in [1.807, 2.05) is 5.32 Å². The van der Waals surface area contributed by atoms with Crippen LogP contribution in [0.4, 0.5) is 24.5 Å². The fourth-order valence-corrected chi connectivity index (χ4v) is 1.76. The molecule has 0 saturated heterocycles. The number of anilines is 2. The highest BCUT2D eigenvalue weighted by Crippen LogP contribution is 2.24. The van der Waals surface area contributed by atoms with Gasteiger partial charge in [0.25, 0.3) is 5.91 Å². The first kappa shape index (κ1) is 14.2. The summed E-state index contributed by atoms with van der Waals surface area (Å²) in [5.41, 5.74) is 4.96. The van der Waals surface area contributed by atoms with Crippen molar-refractivity contribution in [2.24, 2.45) is 0 Å².